The fourth-order valence-electron chi connectivity index (χ4n) is 5.07. The highest BCUT2D eigenvalue weighted by Crippen LogP contribution is 2.45. The molecule has 0 spiro atoms. The molecule has 0 radical (unpaired) electrons. The lowest BCUT2D eigenvalue weighted by Gasteiger charge is -2.47. The molecule has 3 aliphatic rings. The van der Waals surface area contributed by atoms with Crippen LogP contribution in [0.15, 0.2) is 18.2 Å². The summed E-state index contributed by atoms with van der Waals surface area (Å²) in [5.41, 5.74) is 5.75. The van der Waals surface area contributed by atoms with Gasteiger partial charge in [-0.05, 0) is 25.1 Å². The van der Waals surface area contributed by atoms with Crippen molar-refractivity contribution >= 4 is 23.5 Å². The zero-order chi connectivity index (χ0) is 23.7. The molecule has 1 saturated heterocycles. The van der Waals surface area contributed by atoms with E-state index in [0.717, 1.165) is 6.07 Å². The van der Waals surface area contributed by atoms with E-state index in [1.54, 1.807) is 11.6 Å². The first-order valence-corrected chi connectivity index (χ1v) is 10.8. The molecule has 3 amide bonds. The zero-order valence-corrected chi connectivity index (χ0v) is 18.3. The van der Waals surface area contributed by atoms with Gasteiger partial charge < -0.3 is 20.7 Å². The summed E-state index contributed by atoms with van der Waals surface area (Å²) in [5, 5.41) is 7.14. The van der Waals surface area contributed by atoms with Gasteiger partial charge in [0.05, 0.1) is 53.7 Å². The number of carbonyl (C=O) groups is 2. The number of halogens is 4. The van der Waals surface area contributed by atoms with Gasteiger partial charge in [-0.3, -0.25) is 9.48 Å². The monoisotopic (exact) mass is 483 g/mol. The van der Waals surface area contributed by atoms with E-state index in [1.165, 1.54) is 17.0 Å². The number of fused-ring (bicyclic) bond motifs is 3. The van der Waals surface area contributed by atoms with Gasteiger partial charge >= 0.3 is 6.03 Å². The number of benzene rings is 1. The van der Waals surface area contributed by atoms with E-state index in [1.807, 2.05) is 0 Å². The number of urea groups is 1. The van der Waals surface area contributed by atoms with Crippen molar-refractivity contribution in [2.24, 2.45) is 5.73 Å². The Morgan fingerprint density at radius 3 is 2.61 bits per heavy atom. The average molecular weight is 484 g/mol. The van der Waals surface area contributed by atoms with Crippen molar-refractivity contribution in [2.45, 2.75) is 49.9 Å². The first-order valence-electron chi connectivity index (χ1n) is 10.4. The molecule has 1 aromatic carbocycles. The van der Waals surface area contributed by atoms with Crippen LogP contribution in [-0.4, -0.2) is 57.3 Å². The number of amides is 3. The number of hydrogen-bond donors (Lipinski definition) is 2. The van der Waals surface area contributed by atoms with Crippen LogP contribution in [-0.2, 0) is 11.3 Å². The number of carbonyl (C=O) groups excluding carboxylic acids is 2. The summed E-state index contributed by atoms with van der Waals surface area (Å²) in [6.07, 6.45) is -0.881. The third kappa shape index (κ3) is 3.63. The van der Waals surface area contributed by atoms with Crippen molar-refractivity contribution in [3.63, 3.8) is 0 Å². The Kier molecular flexibility index (Phi) is 4.91. The number of hydrogen-bond acceptors (Lipinski definition) is 4. The number of primary amides is 1. The smallest absolute Gasteiger partial charge is 0.318 e. The van der Waals surface area contributed by atoms with Crippen LogP contribution in [0.5, 0.6) is 0 Å². The fraction of sp³-hybridized carbons (Fsp3) is 0.476. The quantitative estimate of drug-likeness (QED) is 0.700. The minimum absolute atomic E-state index is 0.0248. The topological polar surface area (TPSA) is 102 Å². The van der Waals surface area contributed by atoms with Gasteiger partial charge in [0.2, 0.25) is 0 Å². The Morgan fingerprint density at radius 1 is 1.27 bits per heavy atom. The maximum atomic E-state index is 13.7. The molecule has 176 valence electrons. The van der Waals surface area contributed by atoms with E-state index < -0.39 is 54.1 Å². The Hall–Kier alpha value is -2.79. The van der Waals surface area contributed by atoms with Crippen LogP contribution in [0.3, 0.4) is 0 Å². The van der Waals surface area contributed by atoms with E-state index in [2.05, 4.69) is 10.4 Å². The third-order valence-electron chi connectivity index (χ3n) is 6.47. The molecule has 1 aromatic heterocycles. The summed E-state index contributed by atoms with van der Waals surface area (Å²) in [5.74, 6) is -4.19. The molecular formula is C21H21ClF3N5O3. The van der Waals surface area contributed by atoms with Gasteiger partial charge in [0.1, 0.15) is 11.5 Å². The van der Waals surface area contributed by atoms with Gasteiger partial charge in [0.15, 0.2) is 0 Å². The van der Waals surface area contributed by atoms with Gasteiger partial charge in [-0.15, -0.1) is 0 Å². The van der Waals surface area contributed by atoms with Crippen molar-refractivity contribution in [2.75, 3.05) is 13.2 Å². The van der Waals surface area contributed by atoms with Crippen molar-refractivity contribution in [1.29, 1.82) is 0 Å². The molecule has 3 N–H and O–H groups in total. The number of nitrogens with one attached hydrogen (secondary N) is 1. The van der Waals surface area contributed by atoms with E-state index in [0.29, 0.717) is 11.3 Å². The molecule has 12 heteroatoms. The molecule has 0 unspecified atom stereocenters. The second-order valence-electron chi connectivity index (χ2n) is 9.11. The van der Waals surface area contributed by atoms with E-state index in [4.69, 9.17) is 22.1 Å². The van der Waals surface area contributed by atoms with Gasteiger partial charge in [-0.1, -0.05) is 11.6 Å². The van der Waals surface area contributed by atoms with Crippen LogP contribution in [0, 0.1) is 5.82 Å². The number of rotatable bonds is 3. The number of nitrogens with two attached hydrogens (primary N) is 1. The number of aromatic nitrogens is 2. The predicted octanol–water partition coefficient (Wildman–Crippen LogP) is 3.09. The van der Waals surface area contributed by atoms with Crippen molar-refractivity contribution < 1.29 is 27.5 Å². The van der Waals surface area contributed by atoms with Gasteiger partial charge in [0, 0.05) is 18.4 Å². The molecule has 8 nitrogen and oxygen atoms in total. The van der Waals surface area contributed by atoms with E-state index >= 15 is 0 Å². The molecule has 1 aliphatic carbocycles. The van der Waals surface area contributed by atoms with Crippen LogP contribution < -0.4 is 11.1 Å². The van der Waals surface area contributed by atoms with Crippen molar-refractivity contribution in [3.8, 4) is 11.3 Å². The highest BCUT2D eigenvalue weighted by molar-refractivity contribution is 6.31. The van der Waals surface area contributed by atoms with Crippen molar-refractivity contribution in [3.05, 3.63) is 40.3 Å². The minimum atomic E-state index is -2.80. The molecule has 2 aliphatic heterocycles. The third-order valence-corrected chi connectivity index (χ3v) is 6.76. The molecule has 3 heterocycles. The second kappa shape index (κ2) is 7.36. The highest BCUT2D eigenvalue weighted by Gasteiger charge is 2.55. The molecule has 33 heavy (non-hydrogen) atoms. The summed E-state index contributed by atoms with van der Waals surface area (Å²) in [7, 11) is 0. The molecule has 5 rings (SSSR count). The summed E-state index contributed by atoms with van der Waals surface area (Å²) >= 11 is 5.92. The van der Waals surface area contributed by atoms with E-state index in [-0.39, 0.29) is 36.0 Å². The van der Waals surface area contributed by atoms with Crippen LogP contribution in [0.4, 0.5) is 18.0 Å². The molecule has 2 atom stereocenters. The lowest BCUT2D eigenvalue weighted by molar-refractivity contribution is -0.125. The lowest BCUT2D eigenvalue weighted by atomic mass is 9.75. The predicted molar refractivity (Wildman–Crippen MR) is 111 cm³/mol. The number of nitrogens with zero attached hydrogens (tertiary/aromatic N) is 3. The van der Waals surface area contributed by atoms with Crippen LogP contribution in [0.25, 0.3) is 11.3 Å². The number of alkyl halides is 2. The van der Waals surface area contributed by atoms with Crippen LogP contribution >= 0.6 is 11.6 Å². The van der Waals surface area contributed by atoms with Gasteiger partial charge in [-0.2, -0.15) is 5.10 Å². The van der Waals surface area contributed by atoms with Gasteiger partial charge in [-0.25, -0.2) is 18.0 Å². The Morgan fingerprint density at radius 2 is 1.97 bits per heavy atom. The summed E-state index contributed by atoms with van der Waals surface area (Å²) in [4.78, 5) is 27.0. The maximum absolute atomic E-state index is 13.7. The van der Waals surface area contributed by atoms with E-state index in [9.17, 15) is 22.8 Å². The van der Waals surface area contributed by atoms with Crippen LogP contribution in [0.1, 0.15) is 41.9 Å². The number of ether oxygens (including phenoxy) is 1. The summed E-state index contributed by atoms with van der Waals surface area (Å²) in [6, 6.07) is 2.61. The molecule has 2 fully saturated rings. The Bertz CT molecular complexity index is 1160. The lowest BCUT2D eigenvalue weighted by Crippen LogP contribution is -2.64. The summed E-state index contributed by atoms with van der Waals surface area (Å²) in [6.45, 7) is 2.02. The van der Waals surface area contributed by atoms with Crippen molar-refractivity contribution in [1.82, 2.24) is 20.0 Å². The highest BCUT2D eigenvalue weighted by atomic mass is 35.5. The second-order valence-corrected chi connectivity index (χ2v) is 9.52. The average Bonchev–Trinajstić information content (AvgIpc) is 3.31. The SMILES string of the molecule is CC1(NC(=O)N2Cc3c(C(N)=O)c(-c4ccc(F)c(Cl)c4)nn3[C@H]3COC[C@H]32)CC(F)(F)C1. The first-order chi connectivity index (χ1) is 15.5. The zero-order valence-electron chi connectivity index (χ0n) is 17.6. The molecule has 0 bridgehead atoms. The van der Waals surface area contributed by atoms with Gasteiger partial charge in [0.25, 0.3) is 11.8 Å². The molecule has 2 aromatic rings. The van der Waals surface area contributed by atoms with Crippen LogP contribution in [0.2, 0.25) is 5.02 Å². The Labute approximate surface area is 191 Å². The first kappa shape index (κ1) is 22.0. The molecular weight excluding hydrogens is 463 g/mol. The largest absolute Gasteiger partial charge is 0.377 e. The maximum Gasteiger partial charge on any atom is 0.318 e. The normalized spacial score (nSPS) is 24.6. The summed E-state index contributed by atoms with van der Waals surface area (Å²) < 4.78 is 47.7. The minimum Gasteiger partial charge on any atom is -0.377 e. The molecule has 1 saturated carbocycles. The Balaban J connectivity index is 1.52. The standard InChI is InChI=1S/C21H21ClF3N5O3/c1-20(8-21(24,25)9-20)27-19(32)29-5-13-16(18(26)31)17(10-2-3-12(23)11(22)4-10)28-30(13)15-7-33-6-14(15)29/h2-4,14-15H,5-9H2,1H3,(H2,26,31)(H,27,32)/t14-,15+/m1/s1. The fourth-order valence-corrected chi connectivity index (χ4v) is 5.25.